The first kappa shape index (κ1) is 26.8. The molecule has 0 aliphatic heterocycles. The van der Waals surface area contributed by atoms with Crippen molar-refractivity contribution in [3.05, 3.63) is 58.7 Å². The molecule has 0 spiro atoms. The Morgan fingerprint density at radius 3 is 0.971 bits per heavy atom. The summed E-state index contributed by atoms with van der Waals surface area (Å²) in [5, 5.41) is 0. The maximum absolute atomic E-state index is 14.2. The molecule has 0 fully saturated rings. The van der Waals surface area contributed by atoms with Gasteiger partial charge in [0.05, 0.1) is 11.1 Å². The second kappa shape index (κ2) is 8.43. The zero-order valence-corrected chi connectivity index (χ0v) is 27.2. The fraction of sp³-hybridized carbons (Fsp3) is 0.462. The molecule has 0 N–H and O–H groups in total. The van der Waals surface area contributed by atoms with Crippen molar-refractivity contribution in [3.63, 3.8) is 0 Å². The third-order valence-electron chi connectivity index (χ3n) is 6.19. The Bertz CT molecular complexity index is 1030. The van der Waals surface area contributed by atoms with E-state index in [1.807, 2.05) is 24.3 Å². The number of fused-ring (bicyclic) bond motifs is 2. The number of carbonyl (C=O) groups excluding carboxylic acids is 2. The molecule has 4 nitrogen and oxygen atoms in total. The summed E-state index contributed by atoms with van der Waals surface area (Å²) in [7, 11) is -7.24. The maximum atomic E-state index is 14.2. The van der Waals surface area contributed by atoms with Gasteiger partial charge in [0.15, 0.2) is 11.6 Å². The van der Waals surface area contributed by atoms with Gasteiger partial charge in [-0.05, 0) is 12.1 Å². The van der Waals surface area contributed by atoms with Crippen LogP contribution in [0.2, 0.25) is 78.6 Å². The molecule has 0 bridgehead atoms. The van der Waals surface area contributed by atoms with E-state index < -0.39 is 32.9 Å². The van der Waals surface area contributed by atoms with Crippen LogP contribution in [0.25, 0.3) is 0 Å². The predicted octanol–water partition coefficient (Wildman–Crippen LogP) is 7.41. The summed E-state index contributed by atoms with van der Waals surface area (Å²) < 4.78 is 5.10. The van der Waals surface area contributed by atoms with E-state index in [-0.39, 0.29) is 11.6 Å². The smallest absolute Gasteiger partial charge is 0.196 e. The first-order valence-electron chi connectivity index (χ1n) is 12.2. The lowest BCUT2D eigenvalue weighted by molar-refractivity contribution is 0.0980. The lowest BCUT2D eigenvalue weighted by atomic mass is 9.82. The molecule has 8 heteroatoms. The van der Waals surface area contributed by atoms with Gasteiger partial charge in [-0.3, -0.25) is 9.59 Å². The highest BCUT2D eigenvalue weighted by atomic mass is 28.4. The van der Waals surface area contributed by atoms with Crippen LogP contribution >= 0.6 is 0 Å². The fourth-order valence-electron chi connectivity index (χ4n) is 6.04. The number of benzene rings is 2. The van der Waals surface area contributed by atoms with Crippen molar-refractivity contribution >= 4 is 55.9 Å². The number of ketones is 2. The number of anilines is 2. The molecular formula is C26H42N2O2Si4. The summed E-state index contributed by atoms with van der Waals surface area (Å²) in [6, 6.07) is 11.8. The number of rotatable bonds is 6. The Hall–Kier alpha value is -1.75. The molecule has 184 valence electrons. The standard InChI is InChI=1S/C26H42N2O2Si4/c1-31(2,3)27(32(4,5)6)21-17-13-15-19-23(21)25(29)20-16-14-18-22(24(20)26(19)30)28(33(7,8)9)34(10,11)12/h13-18H,1-12H3. The summed E-state index contributed by atoms with van der Waals surface area (Å²) >= 11 is 0. The quantitative estimate of drug-likeness (QED) is 0.313. The van der Waals surface area contributed by atoms with E-state index >= 15 is 0 Å². The Labute approximate surface area is 210 Å². The molecule has 0 aromatic heterocycles. The molecule has 34 heavy (non-hydrogen) atoms. The monoisotopic (exact) mass is 526 g/mol. The molecule has 2 aromatic rings. The summed E-state index contributed by atoms with van der Waals surface area (Å²) in [4.78, 5) is 28.3. The van der Waals surface area contributed by atoms with Crippen molar-refractivity contribution in [1.82, 2.24) is 0 Å². The van der Waals surface area contributed by atoms with Gasteiger partial charge >= 0.3 is 0 Å². The average molecular weight is 527 g/mol. The lowest BCUT2D eigenvalue weighted by Gasteiger charge is -2.48. The molecule has 1 aliphatic carbocycles. The first-order valence-corrected chi connectivity index (χ1v) is 26.0. The second-order valence-corrected chi connectivity index (χ2v) is 33.5. The van der Waals surface area contributed by atoms with Crippen LogP contribution in [0.5, 0.6) is 0 Å². The first-order chi connectivity index (χ1) is 15.3. The summed E-state index contributed by atoms with van der Waals surface area (Å²) in [5.74, 6) is -0.00990. The predicted molar refractivity (Wildman–Crippen MR) is 158 cm³/mol. The van der Waals surface area contributed by atoms with E-state index in [4.69, 9.17) is 0 Å². The van der Waals surface area contributed by atoms with Crippen LogP contribution in [0.15, 0.2) is 36.4 Å². The topological polar surface area (TPSA) is 40.6 Å². The summed E-state index contributed by atoms with van der Waals surface area (Å²) in [6.45, 7) is 27.9. The molecule has 2 aromatic carbocycles. The third-order valence-corrected chi connectivity index (χ3v) is 20.6. The third kappa shape index (κ3) is 4.69. The molecule has 0 atom stereocenters. The molecular weight excluding hydrogens is 485 g/mol. The van der Waals surface area contributed by atoms with E-state index in [0.717, 1.165) is 11.4 Å². The van der Waals surface area contributed by atoms with E-state index in [1.54, 1.807) is 0 Å². The average Bonchev–Trinajstić information content (AvgIpc) is 2.61. The van der Waals surface area contributed by atoms with Crippen LogP contribution in [0.4, 0.5) is 11.4 Å². The van der Waals surface area contributed by atoms with Crippen molar-refractivity contribution in [1.29, 1.82) is 0 Å². The molecule has 0 saturated heterocycles. The zero-order valence-electron chi connectivity index (χ0n) is 23.2. The van der Waals surface area contributed by atoms with Gasteiger partial charge in [0, 0.05) is 22.5 Å². The Morgan fingerprint density at radius 1 is 0.471 bits per heavy atom. The minimum atomic E-state index is -1.81. The molecule has 3 rings (SSSR count). The second-order valence-electron chi connectivity index (χ2n) is 13.4. The number of nitrogens with zero attached hydrogens (tertiary/aromatic N) is 2. The molecule has 0 saturated carbocycles. The minimum absolute atomic E-state index is 0.00495. The molecule has 0 heterocycles. The molecule has 0 amide bonds. The maximum Gasteiger partial charge on any atom is 0.196 e. The van der Waals surface area contributed by atoms with Crippen molar-refractivity contribution in [2.45, 2.75) is 78.6 Å². The van der Waals surface area contributed by atoms with E-state index in [2.05, 4.69) is 99.2 Å². The van der Waals surface area contributed by atoms with Gasteiger partial charge < -0.3 is 8.46 Å². The SMILES string of the molecule is C[Si](C)(C)N(c1cccc2c1C(=O)c1cccc(N([Si](C)(C)C)[Si](C)(C)C)c1C2=O)[Si](C)(C)C. The highest BCUT2D eigenvalue weighted by molar-refractivity contribution is 7.00. The van der Waals surface area contributed by atoms with E-state index in [9.17, 15) is 9.59 Å². The highest BCUT2D eigenvalue weighted by Gasteiger charge is 2.43. The Kier molecular flexibility index (Phi) is 6.65. The van der Waals surface area contributed by atoms with Crippen LogP contribution in [0.3, 0.4) is 0 Å². The van der Waals surface area contributed by atoms with Crippen LogP contribution in [-0.4, -0.2) is 44.5 Å². The Morgan fingerprint density at radius 2 is 0.735 bits per heavy atom. The highest BCUT2D eigenvalue weighted by Crippen LogP contribution is 2.42. The van der Waals surface area contributed by atoms with Gasteiger partial charge in [0.25, 0.3) is 0 Å². The fourth-order valence-corrected chi connectivity index (χ4v) is 25.8. The summed E-state index contributed by atoms with van der Waals surface area (Å²) in [5.41, 5.74) is 4.25. The van der Waals surface area contributed by atoms with Gasteiger partial charge in [-0.1, -0.05) is 103 Å². The molecule has 0 unspecified atom stereocenters. The van der Waals surface area contributed by atoms with Crippen LogP contribution < -0.4 is 8.46 Å². The van der Waals surface area contributed by atoms with Gasteiger partial charge in [-0.25, -0.2) is 0 Å². The van der Waals surface area contributed by atoms with Crippen LogP contribution in [0, 0.1) is 0 Å². The normalized spacial score (nSPS) is 14.6. The minimum Gasteiger partial charge on any atom is -0.424 e. The van der Waals surface area contributed by atoms with E-state index in [0.29, 0.717) is 22.3 Å². The lowest BCUT2D eigenvalue weighted by Crippen LogP contribution is -2.60. The largest absolute Gasteiger partial charge is 0.424 e. The van der Waals surface area contributed by atoms with Gasteiger partial charge in [-0.2, -0.15) is 0 Å². The number of carbonyl (C=O) groups is 2. The molecule has 1 aliphatic rings. The van der Waals surface area contributed by atoms with Gasteiger partial charge in [-0.15, -0.1) is 0 Å². The number of hydrogen-bond acceptors (Lipinski definition) is 4. The van der Waals surface area contributed by atoms with Crippen LogP contribution in [0.1, 0.15) is 31.8 Å². The number of hydrogen-bond donors (Lipinski definition) is 0. The Balaban J connectivity index is 2.34. The van der Waals surface area contributed by atoms with Crippen LogP contribution in [-0.2, 0) is 0 Å². The van der Waals surface area contributed by atoms with Crippen molar-refractivity contribution in [3.8, 4) is 0 Å². The van der Waals surface area contributed by atoms with Crippen molar-refractivity contribution in [2.24, 2.45) is 0 Å². The van der Waals surface area contributed by atoms with Gasteiger partial charge in [0.2, 0.25) is 0 Å². The van der Waals surface area contributed by atoms with Gasteiger partial charge in [0.1, 0.15) is 32.9 Å². The molecule has 0 radical (unpaired) electrons. The van der Waals surface area contributed by atoms with Crippen molar-refractivity contribution in [2.75, 3.05) is 8.46 Å². The van der Waals surface area contributed by atoms with E-state index in [1.165, 1.54) is 0 Å². The summed E-state index contributed by atoms with van der Waals surface area (Å²) in [6.07, 6.45) is 0. The van der Waals surface area contributed by atoms with Crippen molar-refractivity contribution < 1.29 is 9.59 Å². The zero-order chi connectivity index (χ0) is 26.0.